The molecule has 184 valence electrons. The number of benzene rings is 2. The van der Waals surface area contributed by atoms with Crippen LogP contribution in [0.5, 0.6) is 17.2 Å². The third-order valence-electron chi connectivity index (χ3n) is 6.41. The fraction of sp³-hybridized carbons (Fsp3) is 0.481. The Balaban J connectivity index is 1.74. The van der Waals surface area contributed by atoms with E-state index >= 15 is 0 Å². The third kappa shape index (κ3) is 6.89. The maximum atomic E-state index is 13.3. The van der Waals surface area contributed by atoms with E-state index in [1.54, 1.807) is 44.2 Å². The van der Waals surface area contributed by atoms with Crippen molar-refractivity contribution in [2.24, 2.45) is 0 Å². The summed E-state index contributed by atoms with van der Waals surface area (Å²) in [5.74, 6) is 1.20. The van der Waals surface area contributed by atoms with Crippen LogP contribution in [-0.2, 0) is 16.1 Å². The number of nitrogens with one attached hydrogen (secondary N) is 1. The van der Waals surface area contributed by atoms with Crippen molar-refractivity contribution in [3.8, 4) is 17.2 Å². The van der Waals surface area contributed by atoms with Gasteiger partial charge < -0.3 is 24.4 Å². The zero-order valence-electron chi connectivity index (χ0n) is 20.6. The second-order valence-electron chi connectivity index (χ2n) is 8.80. The van der Waals surface area contributed by atoms with Crippen LogP contribution in [-0.4, -0.2) is 49.6 Å². The van der Waals surface area contributed by atoms with E-state index < -0.39 is 6.04 Å². The largest absolute Gasteiger partial charge is 0.496 e. The van der Waals surface area contributed by atoms with E-state index in [1.807, 2.05) is 31.2 Å². The topological polar surface area (TPSA) is 77.1 Å². The van der Waals surface area contributed by atoms with Crippen LogP contribution in [0.4, 0.5) is 0 Å². The summed E-state index contributed by atoms with van der Waals surface area (Å²) in [6.07, 6.45) is 5.45. The van der Waals surface area contributed by atoms with E-state index in [9.17, 15) is 9.59 Å². The first-order valence-electron chi connectivity index (χ1n) is 11.9. The minimum absolute atomic E-state index is 0.128. The van der Waals surface area contributed by atoms with Gasteiger partial charge in [-0.05, 0) is 37.8 Å². The Bertz CT molecular complexity index is 949. The number of aryl methyl sites for hydroxylation is 1. The van der Waals surface area contributed by atoms with Crippen molar-refractivity contribution >= 4 is 11.8 Å². The van der Waals surface area contributed by atoms with Gasteiger partial charge in [-0.1, -0.05) is 43.5 Å². The molecular formula is C27H36N2O5. The van der Waals surface area contributed by atoms with Gasteiger partial charge in [-0.2, -0.15) is 0 Å². The zero-order valence-corrected chi connectivity index (χ0v) is 20.6. The van der Waals surface area contributed by atoms with Crippen LogP contribution in [0.15, 0.2) is 42.5 Å². The highest BCUT2D eigenvalue weighted by atomic mass is 16.5. The Hall–Kier alpha value is -3.22. The number of rotatable bonds is 10. The van der Waals surface area contributed by atoms with Crippen molar-refractivity contribution in [2.75, 3.05) is 20.8 Å². The van der Waals surface area contributed by atoms with Gasteiger partial charge in [0.1, 0.15) is 23.3 Å². The predicted octanol–water partition coefficient (Wildman–Crippen LogP) is 4.26. The van der Waals surface area contributed by atoms with Gasteiger partial charge >= 0.3 is 0 Å². The van der Waals surface area contributed by atoms with Crippen LogP contribution in [0.2, 0.25) is 0 Å². The second kappa shape index (κ2) is 12.3. The zero-order chi connectivity index (χ0) is 24.5. The number of amides is 2. The van der Waals surface area contributed by atoms with Crippen LogP contribution >= 0.6 is 0 Å². The van der Waals surface area contributed by atoms with Crippen molar-refractivity contribution in [3.63, 3.8) is 0 Å². The van der Waals surface area contributed by atoms with Crippen LogP contribution in [0.1, 0.15) is 50.2 Å². The molecule has 0 aliphatic heterocycles. The lowest BCUT2D eigenvalue weighted by molar-refractivity contribution is -0.142. The standard InChI is InChI=1S/C27H36N2O5/c1-19-10-8-9-11-21(19)17-29(20(2)27(31)28-22-12-6-5-7-13-22)26(30)18-34-25-15-23(32-3)14-24(16-25)33-4/h8-11,14-16,20,22H,5-7,12-13,17-18H2,1-4H3,(H,28,31). The monoisotopic (exact) mass is 468 g/mol. The van der Waals surface area contributed by atoms with Crippen LogP contribution in [0, 0.1) is 6.92 Å². The number of methoxy groups -OCH3 is 2. The average molecular weight is 469 g/mol. The molecule has 1 aliphatic rings. The molecule has 7 heteroatoms. The molecular weight excluding hydrogens is 432 g/mol. The number of nitrogens with zero attached hydrogens (tertiary/aromatic N) is 1. The first kappa shape index (κ1) is 25.4. The number of ether oxygens (including phenoxy) is 3. The second-order valence-corrected chi connectivity index (χ2v) is 8.80. The molecule has 0 aromatic heterocycles. The Morgan fingerprint density at radius 1 is 1.00 bits per heavy atom. The molecule has 1 aliphatic carbocycles. The maximum Gasteiger partial charge on any atom is 0.261 e. The van der Waals surface area contributed by atoms with Crippen molar-refractivity contribution < 1.29 is 23.8 Å². The highest BCUT2D eigenvalue weighted by molar-refractivity contribution is 5.88. The predicted molar refractivity (Wildman–Crippen MR) is 131 cm³/mol. The van der Waals surface area contributed by atoms with Crippen molar-refractivity contribution in [1.82, 2.24) is 10.2 Å². The third-order valence-corrected chi connectivity index (χ3v) is 6.41. The summed E-state index contributed by atoms with van der Waals surface area (Å²) in [7, 11) is 3.11. The first-order valence-corrected chi connectivity index (χ1v) is 11.9. The minimum atomic E-state index is -0.627. The summed E-state index contributed by atoms with van der Waals surface area (Å²) in [6, 6.07) is 12.6. The number of hydrogen-bond acceptors (Lipinski definition) is 5. The lowest BCUT2D eigenvalue weighted by Gasteiger charge is -2.31. The molecule has 1 saturated carbocycles. The summed E-state index contributed by atoms with van der Waals surface area (Å²) in [6.45, 7) is 3.91. The molecule has 2 amide bonds. The maximum absolute atomic E-state index is 13.3. The van der Waals surface area contributed by atoms with Gasteiger partial charge in [0.15, 0.2) is 6.61 Å². The molecule has 0 heterocycles. The quantitative estimate of drug-likeness (QED) is 0.564. The van der Waals surface area contributed by atoms with Gasteiger partial charge in [0, 0.05) is 30.8 Å². The van der Waals surface area contributed by atoms with Crippen LogP contribution in [0.25, 0.3) is 0 Å². The molecule has 7 nitrogen and oxygen atoms in total. The molecule has 34 heavy (non-hydrogen) atoms. The summed E-state index contributed by atoms with van der Waals surface area (Å²) < 4.78 is 16.4. The lowest BCUT2D eigenvalue weighted by atomic mass is 9.95. The number of carbonyl (C=O) groups excluding carboxylic acids is 2. The highest BCUT2D eigenvalue weighted by Gasteiger charge is 2.28. The van der Waals surface area contributed by atoms with Crippen LogP contribution < -0.4 is 19.5 Å². The molecule has 1 atom stereocenters. The van der Waals surface area contributed by atoms with E-state index in [-0.39, 0.29) is 24.5 Å². The summed E-state index contributed by atoms with van der Waals surface area (Å²) in [5, 5.41) is 3.15. The van der Waals surface area contributed by atoms with E-state index in [0.717, 1.165) is 36.8 Å². The van der Waals surface area contributed by atoms with Gasteiger partial charge in [0.25, 0.3) is 5.91 Å². The molecule has 0 saturated heterocycles. The number of hydrogen-bond donors (Lipinski definition) is 1. The fourth-order valence-electron chi connectivity index (χ4n) is 4.22. The summed E-state index contributed by atoms with van der Waals surface area (Å²) in [5.41, 5.74) is 2.06. The smallest absolute Gasteiger partial charge is 0.261 e. The molecule has 2 aromatic rings. The summed E-state index contributed by atoms with van der Waals surface area (Å²) in [4.78, 5) is 28.0. The van der Waals surface area contributed by atoms with E-state index in [0.29, 0.717) is 23.8 Å². The van der Waals surface area contributed by atoms with Crippen LogP contribution in [0.3, 0.4) is 0 Å². The Labute approximate surface area is 202 Å². The molecule has 1 N–H and O–H groups in total. The first-order chi connectivity index (χ1) is 16.4. The Morgan fingerprint density at radius 2 is 1.62 bits per heavy atom. The lowest BCUT2D eigenvalue weighted by Crippen LogP contribution is -2.51. The van der Waals surface area contributed by atoms with Crippen molar-refractivity contribution in [3.05, 3.63) is 53.6 Å². The highest BCUT2D eigenvalue weighted by Crippen LogP contribution is 2.27. The fourth-order valence-corrected chi connectivity index (χ4v) is 4.22. The van der Waals surface area contributed by atoms with Gasteiger partial charge in [-0.15, -0.1) is 0 Å². The van der Waals surface area contributed by atoms with Crippen molar-refractivity contribution in [1.29, 1.82) is 0 Å². The SMILES string of the molecule is COc1cc(OC)cc(OCC(=O)N(Cc2ccccc2C)C(C)C(=O)NC2CCCCC2)c1. The van der Waals surface area contributed by atoms with E-state index in [4.69, 9.17) is 14.2 Å². The average Bonchev–Trinajstić information content (AvgIpc) is 2.86. The number of carbonyl (C=O) groups is 2. The molecule has 3 rings (SSSR count). The Morgan fingerprint density at radius 3 is 2.24 bits per heavy atom. The molecule has 1 unspecified atom stereocenters. The normalized spacial score (nSPS) is 14.7. The van der Waals surface area contributed by atoms with Gasteiger partial charge in [0.2, 0.25) is 5.91 Å². The molecule has 0 radical (unpaired) electrons. The van der Waals surface area contributed by atoms with E-state index in [2.05, 4.69) is 5.32 Å². The summed E-state index contributed by atoms with van der Waals surface area (Å²) >= 11 is 0. The van der Waals surface area contributed by atoms with Crippen molar-refractivity contribution in [2.45, 2.75) is 64.6 Å². The van der Waals surface area contributed by atoms with E-state index in [1.165, 1.54) is 6.42 Å². The van der Waals surface area contributed by atoms with Gasteiger partial charge in [-0.25, -0.2) is 0 Å². The molecule has 1 fully saturated rings. The van der Waals surface area contributed by atoms with Gasteiger partial charge in [0.05, 0.1) is 14.2 Å². The molecule has 2 aromatic carbocycles. The van der Waals surface area contributed by atoms with Gasteiger partial charge in [-0.3, -0.25) is 9.59 Å². The Kier molecular flexibility index (Phi) is 9.19. The minimum Gasteiger partial charge on any atom is -0.496 e. The molecule has 0 bridgehead atoms. The molecule has 0 spiro atoms.